The average Bonchev–Trinajstić information content (AvgIpc) is 2.17. The maximum Gasteiger partial charge on any atom is 0.120 e. The fourth-order valence-corrected chi connectivity index (χ4v) is 1.21. The number of hydrogen-bond acceptors (Lipinski definition) is 3. The minimum absolute atomic E-state index is 0.396. The zero-order valence-electron chi connectivity index (χ0n) is 9.06. The van der Waals surface area contributed by atoms with Gasteiger partial charge in [-0.2, -0.15) is 0 Å². The second-order valence-corrected chi connectivity index (χ2v) is 3.98. The fourth-order valence-electron chi connectivity index (χ4n) is 1.09. The van der Waals surface area contributed by atoms with Crippen molar-refractivity contribution in [2.75, 3.05) is 27.2 Å². The van der Waals surface area contributed by atoms with Gasteiger partial charge in [0.1, 0.15) is 17.3 Å². The summed E-state index contributed by atoms with van der Waals surface area (Å²) < 4.78 is 5.55. The maximum atomic E-state index is 5.55. The highest BCUT2D eigenvalue weighted by Crippen LogP contribution is 2.12. The van der Waals surface area contributed by atoms with E-state index in [2.05, 4.69) is 4.90 Å². The first-order valence-corrected chi connectivity index (χ1v) is 5.18. The Bertz CT molecular complexity index is 339. The minimum atomic E-state index is 0.396. The lowest BCUT2D eigenvalue weighted by Crippen LogP contribution is -2.19. The van der Waals surface area contributed by atoms with Gasteiger partial charge in [0.25, 0.3) is 0 Å². The molecule has 0 saturated carbocycles. The van der Waals surface area contributed by atoms with E-state index in [-0.39, 0.29) is 0 Å². The van der Waals surface area contributed by atoms with Crippen LogP contribution in [0.4, 0.5) is 0 Å². The van der Waals surface area contributed by atoms with E-state index in [1.165, 1.54) is 0 Å². The summed E-state index contributed by atoms with van der Waals surface area (Å²) in [5.74, 6) is 0.808. The van der Waals surface area contributed by atoms with E-state index in [0.29, 0.717) is 11.6 Å². The number of nitrogens with zero attached hydrogens (tertiary/aromatic N) is 1. The smallest absolute Gasteiger partial charge is 0.120 e. The third-order valence-corrected chi connectivity index (χ3v) is 2.16. The number of nitrogens with two attached hydrogens (primary N) is 1. The molecule has 0 aliphatic heterocycles. The van der Waals surface area contributed by atoms with Gasteiger partial charge in [-0.05, 0) is 26.2 Å². The van der Waals surface area contributed by atoms with Crippen LogP contribution < -0.4 is 10.5 Å². The van der Waals surface area contributed by atoms with Crippen molar-refractivity contribution in [2.45, 2.75) is 0 Å². The van der Waals surface area contributed by atoms with Crippen molar-refractivity contribution in [3.05, 3.63) is 29.8 Å². The number of thiocarbonyl (C=S) groups is 1. The molecule has 2 N–H and O–H groups in total. The summed E-state index contributed by atoms with van der Waals surface area (Å²) >= 11 is 4.89. The van der Waals surface area contributed by atoms with Gasteiger partial charge in [0, 0.05) is 12.1 Å². The standard InChI is InChI=1S/C11H16N2OS/c1-13(2)6-7-14-10-5-3-4-9(8-10)11(12)15/h3-5,8H,6-7H2,1-2H3,(H2,12,15). The fraction of sp³-hybridized carbons (Fsp3) is 0.364. The van der Waals surface area contributed by atoms with Gasteiger partial charge in [-0.15, -0.1) is 0 Å². The van der Waals surface area contributed by atoms with E-state index in [9.17, 15) is 0 Å². The van der Waals surface area contributed by atoms with Gasteiger partial charge in [0.15, 0.2) is 0 Å². The van der Waals surface area contributed by atoms with Gasteiger partial charge < -0.3 is 15.4 Å². The molecule has 15 heavy (non-hydrogen) atoms. The van der Waals surface area contributed by atoms with Crippen LogP contribution in [0.1, 0.15) is 5.56 Å². The monoisotopic (exact) mass is 224 g/mol. The zero-order chi connectivity index (χ0) is 11.3. The normalized spacial score (nSPS) is 10.3. The van der Waals surface area contributed by atoms with Crippen molar-refractivity contribution >= 4 is 17.2 Å². The van der Waals surface area contributed by atoms with Crippen molar-refractivity contribution in [1.82, 2.24) is 4.90 Å². The minimum Gasteiger partial charge on any atom is -0.492 e. The highest BCUT2D eigenvalue weighted by Gasteiger charge is 1.99. The molecule has 1 aromatic rings. The molecule has 0 fully saturated rings. The number of ether oxygens (including phenoxy) is 1. The summed E-state index contributed by atoms with van der Waals surface area (Å²) in [6.07, 6.45) is 0. The molecule has 0 aromatic heterocycles. The Hall–Kier alpha value is -1.13. The number of hydrogen-bond donors (Lipinski definition) is 1. The van der Waals surface area contributed by atoms with Crippen LogP contribution >= 0.6 is 12.2 Å². The molecule has 3 nitrogen and oxygen atoms in total. The molecule has 0 bridgehead atoms. The van der Waals surface area contributed by atoms with Crippen LogP contribution in [0.3, 0.4) is 0 Å². The molecule has 0 spiro atoms. The molecule has 1 aromatic carbocycles. The van der Waals surface area contributed by atoms with Crippen molar-refractivity contribution < 1.29 is 4.74 Å². The van der Waals surface area contributed by atoms with Crippen LogP contribution in [0, 0.1) is 0 Å². The molecule has 0 amide bonds. The van der Waals surface area contributed by atoms with Crippen molar-refractivity contribution in [3.63, 3.8) is 0 Å². The molecular weight excluding hydrogens is 208 g/mol. The Morgan fingerprint density at radius 1 is 1.47 bits per heavy atom. The van der Waals surface area contributed by atoms with Crippen molar-refractivity contribution in [1.29, 1.82) is 0 Å². The lowest BCUT2D eigenvalue weighted by Gasteiger charge is -2.11. The molecule has 4 heteroatoms. The predicted octanol–water partition coefficient (Wildman–Crippen LogP) is 1.26. The first-order valence-electron chi connectivity index (χ1n) is 4.77. The highest BCUT2D eigenvalue weighted by molar-refractivity contribution is 7.80. The van der Waals surface area contributed by atoms with Crippen LogP contribution in [0.25, 0.3) is 0 Å². The Morgan fingerprint density at radius 3 is 2.80 bits per heavy atom. The van der Waals surface area contributed by atoms with Crippen LogP contribution in [0.2, 0.25) is 0 Å². The molecule has 82 valence electrons. The van der Waals surface area contributed by atoms with Crippen LogP contribution in [-0.4, -0.2) is 37.1 Å². The van der Waals surface area contributed by atoms with Gasteiger partial charge in [0.2, 0.25) is 0 Å². The molecule has 0 heterocycles. The molecule has 0 radical (unpaired) electrons. The van der Waals surface area contributed by atoms with Crippen LogP contribution in [0.15, 0.2) is 24.3 Å². The quantitative estimate of drug-likeness (QED) is 0.764. The van der Waals surface area contributed by atoms with E-state index in [0.717, 1.165) is 17.9 Å². The second-order valence-electron chi connectivity index (χ2n) is 3.54. The predicted molar refractivity (Wildman–Crippen MR) is 66.4 cm³/mol. The summed E-state index contributed by atoms with van der Waals surface area (Å²) in [5, 5.41) is 0. The second kappa shape index (κ2) is 5.68. The van der Waals surface area contributed by atoms with E-state index in [1.807, 2.05) is 38.4 Å². The number of rotatable bonds is 5. The Kier molecular flexibility index (Phi) is 4.52. The van der Waals surface area contributed by atoms with E-state index in [4.69, 9.17) is 22.7 Å². The Morgan fingerprint density at radius 2 is 2.20 bits per heavy atom. The summed E-state index contributed by atoms with van der Waals surface area (Å²) in [6.45, 7) is 1.55. The third kappa shape index (κ3) is 4.27. The molecule has 0 atom stereocenters. The molecule has 0 aliphatic carbocycles. The van der Waals surface area contributed by atoms with E-state index >= 15 is 0 Å². The number of likely N-dealkylation sites (N-methyl/N-ethyl adjacent to an activating group) is 1. The SMILES string of the molecule is CN(C)CCOc1cccc(C(N)=S)c1. The van der Waals surface area contributed by atoms with Crippen molar-refractivity contribution in [3.8, 4) is 5.75 Å². The Labute approximate surface area is 95.8 Å². The average molecular weight is 224 g/mol. The summed E-state index contributed by atoms with van der Waals surface area (Å²) in [7, 11) is 4.02. The summed E-state index contributed by atoms with van der Waals surface area (Å²) in [5.41, 5.74) is 6.37. The molecule has 1 rings (SSSR count). The topological polar surface area (TPSA) is 38.5 Å². The van der Waals surface area contributed by atoms with Crippen molar-refractivity contribution in [2.24, 2.45) is 5.73 Å². The van der Waals surface area contributed by atoms with Gasteiger partial charge in [-0.3, -0.25) is 0 Å². The Balaban J connectivity index is 2.54. The number of benzene rings is 1. The largest absolute Gasteiger partial charge is 0.492 e. The lowest BCUT2D eigenvalue weighted by molar-refractivity contribution is 0.261. The maximum absolute atomic E-state index is 5.55. The van der Waals surface area contributed by atoms with Gasteiger partial charge in [-0.1, -0.05) is 24.4 Å². The molecular formula is C11H16N2OS. The van der Waals surface area contributed by atoms with Gasteiger partial charge >= 0.3 is 0 Å². The third-order valence-electron chi connectivity index (χ3n) is 1.93. The first-order chi connectivity index (χ1) is 7.09. The highest BCUT2D eigenvalue weighted by atomic mass is 32.1. The van der Waals surface area contributed by atoms with E-state index in [1.54, 1.807) is 0 Å². The molecule has 0 aliphatic rings. The summed E-state index contributed by atoms with van der Waals surface area (Å²) in [6, 6.07) is 7.52. The van der Waals surface area contributed by atoms with Gasteiger partial charge in [-0.25, -0.2) is 0 Å². The molecule has 0 unspecified atom stereocenters. The van der Waals surface area contributed by atoms with E-state index < -0.39 is 0 Å². The first kappa shape index (κ1) is 11.9. The van der Waals surface area contributed by atoms with Gasteiger partial charge in [0.05, 0.1) is 0 Å². The van der Waals surface area contributed by atoms with Crippen LogP contribution in [-0.2, 0) is 0 Å². The lowest BCUT2D eigenvalue weighted by atomic mass is 10.2. The van der Waals surface area contributed by atoms with Crippen LogP contribution in [0.5, 0.6) is 5.75 Å². The summed E-state index contributed by atoms with van der Waals surface area (Å²) in [4.78, 5) is 2.46. The zero-order valence-corrected chi connectivity index (χ0v) is 9.88. The molecule has 0 saturated heterocycles.